The largest absolute Gasteiger partial charge is 0.322 e. The molecule has 1 N–H and O–H groups in total. The van der Waals surface area contributed by atoms with Gasteiger partial charge in [0.15, 0.2) is 5.78 Å². The lowest BCUT2D eigenvalue weighted by Gasteiger charge is -2.06. The lowest BCUT2D eigenvalue weighted by molar-refractivity contribution is -0.384. The predicted molar refractivity (Wildman–Crippen MR) is 104 cm³/mol. The van der Waals surface area contributed by atoms with Gasteiger partial charge in [-0.3, -0.25) is 19.7 Å². The van der Waals surface area contributed by atoms with E-state index in [4.69, 9.17) is 0 Å². The molecule has 3 rings (SSSR count). The van der Waals surface area contributed by atoms with Gasteiger partial charge in [0, 0.05) is 29.6 Å². The molecule has 1 amide bonds. The van der Waals surface area contributed by atoms with Gasteiger partial charge >= 0.3 is 0 Å². The Kier molecular flexibility index (Phi) is 5.40. The van der Waals surface area contributed by atoms with Gasteiger partial charge in [-0.25, -0.2) is 4.68 Å². The summed E-state index contributed by atoms with van der Waals surface area (Å²) < 4.78 is 1.64. The highest BCUT2D eigenvalue weighted by Crippen LogP contribution is 2.17. The van der Waals surface area contributed by atoms with Crippen LogP contribution in [0.2, 0.25) is 0 Å². The summed E-state index contributed by atoms with van der Waals surface area (Å²) in [5.41, 5.74) is 1.65. The van der Waals surface area contributed by atoms with Gasteiger partial charge in [0.1, 0.15) is 0 Å². The van der Waals surface area contributed by atoms with Crippen LogP contribution in [-0.2, 0) is 9.59 Å². The number of hydrogen-bond acceptors (Lipinski definition) is 5. The number of Topliss-reactive ketones (excluding diaryl/α,β-unsaturated/α-hetero) is 1. The van der Waals surface area contributed by atoms with Crippen LogP contribution in [-0.4, -0.2) is 26.4 Å². The van der Waals surface area contributed by atoms with E-state index in [2.05, 4.69) is 10.4 Å². The minimum Gasteiger partial charge on any atom is -0.322 e. The Morgan fingerprint density at radius 3 is 2.39 bits per heavy atom. The van der Waals surface area contributed by atoms with Gasteiger partial charge in [0.2, 0.25) is 0 Å². The van der Waals surface area contributed by atoms with Crippen molar-refractivity contribution in [3.63, 3.8) is 0 Å². The number of aromatic nitrogens is 2. The summed E-state index contributed by atoms with van der Waals surface area (Å²) in [7, 11) is 0. The number of ketones is 1. The molecular formula is C20H16N4O4. The molecule has 0 aliphatic heterocycles. The molecule has 3 aromatic rings. The first-order valence-electron chi connectivity index (χ1n) is 8.32. The number of hydrogen-bond donors (Lipinski definition) is 1. The SMILES string of the molecule is CC(=O)C(=Cc1cnn(-c2ccccc2)c1)C(=O)Nc1ccc([N+](=O)[O-])cc1. The van der Waals surface area contributed by atoms with Crippen LogP contribution in [0, 0.1) is 10.1 Å². The van der Waals surface area contributed by atoms with Crippen molar-refractivity contribution in [2.24, 2.45) is 0 Å². The molecule has 28 heavy (non-hydrogen) atoms. The molecule has 0 radical (unpaired) electrons. The fourth-order valence-corrected chi connectivity index (χ4v) is 2.49. The lowest BCUT2D eigenvalue weighted by Crippen LogP contribution is -2.18. The second kappa shape index (κ2) is 8.09. The van der Waals surface area contributed by atoms with Crippen molar-refractivity contribution in [2.45, 2.75) is 6.92 Å². The summed E-state index contributed by atoms with van der Waals surface area (Å²) in [5, 5.41) is 17.5. The van der Waals surface area contributed by atoms with Gasteiger partial charge < -0.3 is 5.32 Å². The molecule has 0 unspecified atom stereocenters. The van der Waals surface area contributed by atoms with E-state index in [1.807, 2.05) is 30.3 Å². The molecule has 8 heteroatoms. The summed E-state index contributed by atoms with van der Waals surface area (Å²) in [6.45, 7) is 1.29. The van der Waals surface area contributed by atoms with E-state index in [9.17, 15) is 19.7 Å². The first kappa shape index (κ1) is 18.7. The number of non-ortho nitro benzene ring substituents is 1. The fraction of sp³-hybridized carbons (Fsp3) is 0.0500. The smallest absolute Gasteiger partial charge is 0.269 e. The number of amides is 1. The predicted octanol–water partition coefficient (Wildman–Crippen LogP) is 3.39. The molecule has 1 heterocycles. The molecule has 0 spiro atoms. The molecule has 0 saturated carbocycles. The third-order valence-corrected chi connectivity index (χ3v) is 3.89. The van der Waals surface area contributed by atoms with Crippen molar-refractivity contribution in [2.75, 3.05) is 5.32 Å². The number of para-hydroxylation sites is 1. The standard InChI is InChI=1S/C20H16N4O4/c1-14(25)19(20(26)22-16-7-9-18(10-8-16)24(27)28)11-15-12-21-23(13-15)17-5-3-2-4-6-17/h2-13H,1H3,(H,22,26). The second-order valence-electron chi connectivity index (χ2n) is 5.93. The van der Waals surface area contributed by atoms with Crippen molar-refractivity contribution in [1.29, 1.82) is 0 Å². The number of anilines is 1. The van der Waals surface area contributed by atoms with Crippen LogP contribution in [0.15, 0.2) is 72.6 Å². The zero-order valence-electron chi connectivity index (χ0n) is 14.9. The maximum absolute atomic E-state index is 12.5. The number of carbonyl (C=O) groups excluding carboxylic acids is 2. The Hall–Kier alpha value is -4.07. The Balaban J connectivity index is 1.81. The summed E-state index contributed by atoms with van der Waals surface area (Å²) >= 11 is 0. The first-order valence-corrected chi connectivity index (χ1v) is 8.32. The molecule has 0 aliphatic rings. The second-order valence-corrected chi connectivity index (χ2v) is 5.93. The maximum Gasteiger partial charge on any atom is 0.269 e. The van der Waals surface area contributed by atoms with Crippen molar-refractivity contribution in [3.05, 3.63) is 88.2 Å². The maximum atomic E-state index is 12.5. The van der Waals surface area contributed by atoms with Crippen molar-refractivity contribution in [3.8, 4) is 5.69 Å². The van der Waals surface area contributed by atoms with E-state index in [-0.39, 0.29) is 11.3 Å². The van der Waals surface area contributed by atoms with Gasteiger partial charge in [0.25, 0.3) is 11.6 Å². The van der Waals surface area contributed by atoms with Gasteiger partial charge in [-0.1, -0.05) is 18.2 Å². The van der Waals surface area contributed by atoms with Crippen LogP contribution in [0.5, 0.6) is 0 Å². The Morgan fingerprint density at radius 2 is 1.79 bits per heavy atom. The molecule has 0 bridgehead atoms. The molecule has 8 nitrogen and oxygen atoms in total. The molecule has 0 fully saturated rings. The summed E-state index contributed by atoms with van der Waals surface area (Å²) in [6.07, 6.45) is 4.71. The summed E-state index contributed by atoms with van der Waals surface area (Å²) in [6, 6.07) is 14.8. The first-order chi connectivity index (χ1) is 13.4. The minimum absolute atomic E-state index is 0.0500. The van der Waals surface area contributed by atoms with E-state index in [1.54, 1.807) is 17.1 Å². The summed E-state index contributed by atoms with van der Waals surface area (Å²) in [5.74, 6) is -1.01. The monoisotopic (exact) mass is 376 g/mol. The van der Waals surface area contributed by atoms with Gasteiger partial charge in [-0.05, 0) is 37.3 Å². The Bertz CT molecular complexity index is 1050. The fourth-order valence-electron chi connectivity index (χ4n) is 2.49. The van der Waals surface area contributed by atoms with E-state index < -0.39 is 16.6 Å². The quantitative estimate of drug-likeness (QED) is 0.233. The number of nitro benzene ring substituents is 1. The number of carbonyl (C=O) groups is 2. The van der Waals surface area contributed by atoms with E-state index in [0.29, 0.717) is 11.3 Å². The third kappa shape index (κ3) is 4.36. The van der Waals surface area contributed by atoms with Crippen LogP contribution < -0.4 is 5.32 Å². The Morgan fingerprint density at radius 1 is 1.11 bits per heavy atom. The van der Waals surface area contributed by atoms with Crippen molar-refractivity contribution < 1.29 is 14.5 Å². The molecule has 0 atom stereocenters. The van der Waals surface area contributed by atoms with Gasteiger partial charge in [-0.15, -0.1) is 0 Å². The van der Waals surface area contributed by atoms with Crippen molar-refractivity contribution >= 4 is 29.1 Å². The average Bonchev–Trinajstić information content (AvgIpc) is 3.15. The van der Waals surface area contributed by atoms with Crippen LogP contribution in [0.3, 0.4) is 0 Å². The van der Waals surface area contributed by atoms with Crippen molar-refractivity contribution in [1.82, 2.24) is 9.78 Å². The zero-order valence-corrected chi connectivity index (χ0v) is 14.9. The van der Waals surface area contributed by atoms with E-state index in [1.165, 1.54) is 37.3 Å². The molecule has 140 valence electrons. The topological polar surface area (TPSA) is 107 Å². The number of nitrogens with one attached hydrogen (secondary N) is 1. The number of nitrogens with zero attached hydrogens (tertiary/aromatic N) is 3. The molecule has 2 aromatic carbocycles. The Labute approximate surface area is 160 Å². The minimum atomic E-state index is -0.603. The van der Waals surface area contributed by atoms with Crippen LogP contribution >= 0.6 is 0 Å². The van der Waals surface area contributed by atoms with Crippen LogP contribution in [0.4, 0.5) is 11.4 Å². The highest BCUT2D eigenvalue weighted by Gasteiger charge is 2.16. The van der Waals surface area contributed by atoms with Gasteiger partial charge in [0.05, 0.1) is 22.4 Å². The third-order valence-electron chi connectivity index (χ3n) is 3.89. The molecule has 0 aliphatic carbocycles. The zero-order chi connectivity index (χ0) is 20.1. The number of nitro groups is 1. The summed E-state index contributed by atoms with van der Waals surface area (Å²) in [4.78, 5) is 34.6. The average molecular weight is 376 g/mol. The van der Waals surface area contributed by atoms with E-state index in [0.717, 1.165) is 5.69 Å². The van der Waals surface area contributed by atoms with Crippen LogP contribution in [0.25, 0.3) is 11.8 Å². The highest BCUT2D eigenvalue weighted by atomic mass is 16.6. The van der Waals surface area contributed by atoms with Crippen LogP contribution in [0.1, 0.15) is 12.5 Å². The normalized spacial score (nSPS) is 11.1. The lowest BCUT2D eigenvalue weighted by atomic mass is 10.1. The highest BCUT2D eigenvalue weighted by molar-refractivity contribution is 6.25. The molecular weight excluding hydrogens is 360 g/mol. The van der Waals surface area contributed by atoms with E-state index >= 15 is 0 Å². The number of benzene rings is 2. The number of rotatable bonds is 6. The molecule has 0 saturated heterocycles. The van der Waals surface area contributed by atoms with Gasteiger partial charge in [-0.2, -0.15) is 5.10 Å². The molecule has 1 aromatic heterocycles.